The highest BCUT2D eigenvalue weighted by Crippen LogP contribution is 2.31. The summed E-state index contributed by atoms with van der Waals surface area (Å²) in [5, 5.41) is 10.0. The molecule has 1 fully saturated rings. The maximum Gasteiger partial charge on any atom is 0.335 e. The standard InChI is InChI=1S/C23H21ClFN3O4S/c24-17-3-1-5-19(14-17)27-9-11-28(12-10-27)22-8-7-16(23(29)30)13-21(22)26-33(31,32)20-6-2-4-18(25)15-20/h1-8,13-15,26H,9-12H2,(H,29,30). The molecule has 0 aliphatic carbocycles. The minimum atomic E-state index is -4.13. The number of nitrogens with one attached hydrogen (secondary N) is 1. The number of carbonyl (C=O) groups is 1. The lowest BCUT2D eigenvalue weighted by molar-refractivity contribution is 0.0697. The second kappa shape index (κ2) is 9.29. The zero-order valence-electron chi connectivity index (χ0n) is 17.4. The summed E-state index contributed by atoms with van der Waals surface area (Å²) in [5.41, 5.74) is 1.60. The summed E-state index contributed by atoms with van der Waals surface area (Å²) in [5.74, 6) is -1.87. The maximum absolute atomic E-state index is 13.6. The smallest absolute Gasteiger partial charge is 0.335 e. The summed E-state index contributed by atoms with van der Waals surface area (Å²) in [4.78, 5) is 15.4. The molecule has 3 aromatic rings. The number of carboxylic acids is 1. The van der Waals surface area contributed by atoms with E-state index in [2.05, 4.69) is 9.62 Å². The second-order valence-corrected chi connectivity index (χ2v) is 9.67. The van der Waals surface area contributed by atoms with E-state index in [0.717, 1.165) is 17.8 Å². The number of piperazine rings is 1. The normalized spacial score (nSPS) is 14.2. The Bertz CT molecular complexity index is 1290. The topological polar surface area (TPSA) is 89.9 Å². The van der Waals surface area contributed by atoms with Crippen LogP contribution in [0.5, 0.6) is 0 Å². The summed E-state index contributed by atoms with van der Waals surface area (Å²) in [6, 6.07) is 16.5. The lowest BCUT2D eigenvalue weighted by Gasteiger charge is -2.38. The van der Waals surface area contributed by atoms with E-state index in [1.807, 2.05) is 29.2 Å². The average molecular weight is 490 g/mol. The third-order valence-corrected chi connectivity index (χ3v) is 6.99. The number of hydrogen-bond donors (Lipinski definition) is 2. The molecule has 0 aromatic heterocycles. The number of aromatic carboxylic acids is 1. The number of halogens is 2. The zero-order valence-corrected chi connectivity index (χ0v) is 19.0. The van der Waals surface area contributed by atoms with Crippen LogP contribution in [0.25, 0.3) is 0 Å². The molecule has 2 N–H and O–H groups in total. The van der Waals surface area contributed by atoms with Crippen molar-refractivity contribution < 1.29 is 22.7 Å². The van der Waals surface area contributed by atoms with Crippen LogP contribution in [-0.4, -0.2) is 45.7 Å². The summed E-state index contributed by atoms with van der Waals surface area (Å²) in [6.07, 6.45) is 0. The van der Waals surface area contributed by atoms with E-state index in [9.17, 15) is 22.7 Å². The van der Waals surface area contributed by atoms with Crippen LogP contribution in [-0.2, 0) is 10.0 Å². The lowest BCUT2D eigenvalue weighted by atomic mass is 10.1. The Morgan fingerprint density at radius 1 is 0.939 bits per heavy atom. The molecule has 0 unspecified atom stereocenters. The van der Waals surface area contributed by atoms with Crippen LogP contribution in [0.15, 0.2) is 71.6 Å². The Labute approximate surface area is 196 Å². The van der Waals surface area contributed by atoms with Gasteiger partial charge in [0.25, 0.3) is 10.0 Å². The Morgan fingerprint density at radius 2 is 1.64 bits per heavy atom. The summed E-state index contributed by atoms with van der Waals surface area (Å²) in [7, 11) is -4.13. The van der Waals surface area contributed by atoms with E-state index in [1.54, 1.807) is 6.07 Å². The Balaban J connectivity index is 1.60. The number of nitrogens with zero attached hydrogens (tertiary/aromatic N) is 2. The third kappa shape index (κ3) is 5.20. The molecule has 0 radical (unpaired) electrons. The third-order valence-electron chi connectivity index (χ3n) is 5.39. The highest BCUT2D eigenvalue weighted by molar-refractivity contribution is 7.92. The van der Waals surface area contributed by atoms with Crippen molar-refractivity contribution in [3.63, 3.8) is 0 Å². The molecule has 1 heterocycles. The molecule has 10 heteroatoms. The van der Waals surface area contributed by atoms with E-state index in [0.29, 0.717) is 36.9 Å². The van der Waals surface area contributed by atoms with Crippen molar-refractivity contribution in [2.75, 3.05) is 40.7 Å². The van der Waals surface area contributed by atoms with E-state index in [-0.39, 0.29) is 16.1 Å². The van der Waals surface area contributed by atoms with Gasteiger partial charge >= 0.3 is 5.97 Å². The van der Waals surface area contributed by atoms with Gasteiger partial charge in [-0.3, -0.25) is 4.72 Å². The predicted octanol–water partition coefficient (Wildman–Crippen LogP) is 4.30. The van der Waals surface area contributed by atoms with Crippen molar-refractivity contribution in [1.82, 2.24) is 0 Å². The van der Waals surface area contributed by atoms with Gasteiger partial charge < -0.3 is 14.9 Å². The molecule has 1 aliphatic rings. The van der Waals surface area contributed by atoms with Gasteiger partial charge in [-0.25, -0.2) is 17.6 Å². The number of benzene rings is 3. The van der Waals surface area contributed by atoms with Gasteiger partial charge in [0, 0.05) is 36.9 Å². The minimum Gasteiger partial charge on any atom is -0.478 e. The molecule has 4 rings (SSSR count). The molecular formula is C23H21ClFN3O4S. The largest absolute Gasteiger partial charge is 0.478 e. The predicted molar refractivity (Wildman–Crippen MR) is 126 cm³/mol. The monoisotopic (exact) mass is 489 g/mol. The van der Waals surface area contributed by atoms with Crippen molar-refractivity contribution in [1.29, 1.82) is 0 Å². The van der Waals surface area contributed by atoms with Gasteiger partial charge in [-0.2, -0.15) is 0 Å². The SMILES string of the molecule is O=C(O)c1ccc(N2CCN(c3cccc(Cl)c3)CC2)c(NS(=O)(=O)c2cccc(F)c2)c1. The van der Waals surface area contributed by atoms with Crippen LogP contribution in [0.2, 0.25) is 5.02 Å². The highest BCUT2D eigenvalue weighted by Gasteiger charge is 2.24. The zero-order chi connectivity index (χ0) is 23.6. The van der Waals surface area contributed by atoms with Gasteiger partial charge in [0.2, 0.25) is 0 Å². The number of carboxylic acid groups (broad SMARTS) is 1. The van der Waals surface area contributed by atoms with E-state index in [4.69, 9.17) is 11.6 Å². The number of sulfonamides is 1. The van der Waals surface area contributed by atoms with Gasteiger partial charge in [-0.05, 0) is 54.6 Å². The molecule has 0 amide bonds. The van der Waals surface area contributed by atoms with Crippen molar-refractivity contribution in [2.45, 2.75) is 4.90 Å². The molecule has 3 aromatic carbocycles. The summed E-state index contributed by atoms with van der Waals surface area (Å²) in [6.45, 7) is 2.48. The fraction of sp³-hybridized carbons (Fsp3) is 0.174. The quantitative estimate of drug-likeness (QED) is 0.536. The molecule has 1 aliphatic heterocycles. The van der Waals surface area contributed by atoms with Crippen LogP contribution in [0.1, 0.15) is 10.4 Å². The fourth-order valence-corrected chi connectivity index (χ4v) is 5.02. The summed E-state index contributed by atoms with van der Waals surface area (Å²) >= 11 is 6.10. The molecule has 172 valence electrons. The van der Waals surface area contributed by atoms with Crippen molar-refractivity contribution in [3.8, 4) is 0 Å². The average Bonchev–Trinajstić information content (AvgIpc) is 2.79. The minimum absolute atomic E-state index is 0.0618. The fourth-order valence-electron chi connectivity index (χ4n) is 3.74. The Hall–Kier alpha value is -3.30. The lowest BCUT2D eigenvalue weighted by Crippen LogP contribution is -2.46. The summed E-state index contributed by atoms with van der Waals surface area (Å²) < 4.78 is 41.8. The first-order valence-electron chi connectivity index (χ1n) is 10.1. The number of anilines is 3. The van der Waals surface area contributed by atoms with Crippen LogP contribution >= 0.6 is 11.6 Å². The molecular weight excluding hydrogens is 469 g/mol. The van der Waals surface area contributed by atoms with Crippen LogP contribution < -0.4 is 14.5 Å². The molecule has 0 bridgehead atoms. The van der Waals surface area contributed by atoms with Gasteiger partial charge in [0.15, 0.2) is 0 Å². The molecule has 0 atom stereocenters. The molecule has 7 nitrogen and oxygen atoms in total. The van der Waals surface area contributed by atoms with Crippen LogP contribution in [0.4, 0.5) is 21.5 Å². The molecule has 33 heavy (non-hydrogen) atoms. The van der Waals surface area contributed by atoms with Crippen LogP contribution in [0, 0.1) is 5.82 Å². The molecule has 0 saturated carbocycles. The Kier molecular flexibility index (Phi) is 6.44. The first-order valence-corrected chi connectivity index (χ1v) is 12.0. The Morgan fingerprint density at radius 3 is 2.30 bits per heavy atom. The molecule has 1 saturated heterocycles. The van der Waals surface area contributed by atoms with Gasteiger partial charge in [0.05, 0.1) is 21.8 Å². The van der Waals surface area contributed by atoms with Gasteiger partial charge in [-0.1, -0.05) is 23.7 Å². The van der Waals surface area contributed by atoms with Gasteiger partial charge in [0.1, 0.15) is 5.82 Å². The van der Waals surface area contributed by atoms with E-state index >= 15 is 0 Å². The first kappa shape index (κ1) is 22.9. The second-order valence-electron chi connectivity index (χ2n) is 7.55. The highest BCUT2D eigenvalue weighted by atomic mass is 35.5. The maximum atomic E-state index is 13.6. The van der Waals surface area contributed by atoms with Crippen molar-refractivity contribution in [2.24, 2.45) is 0 Å². The molecule has 0 spiro atoms. The van der Waals surface area contributed by atoms with E-state index in [1.165, 1.54) is 24.3 Å². The van der Waals surface area contributed by atoms with Crippen LogP contribution in [0.3, 0.4) is 0 Å². The van der Waals surface area contributed by atoms with Crippen molar-refractivity contribution in [3.05, 3.63) is 83.1 Å². The van der Waals surface area contributed by atoms with E-state index < -0.39 is 21.8 Å². The first-order chi connectivity index (χ1) is 15.7. The number of rotatable bonds is 6. The van der Waals surface area contributed by atoms with Crippen molar-refractivity contribution >= 4 is 44.7 Å². The van der Waals surface area contributed by atoms with Gasteiger partial charge in [-0.15, -0.1) is 0 Å². The number of hydrogen-bond acceptors (Lipinski definition) is 5.